The van der Waals surface area contributed by atoms with E-state index in [0.717, 1.165) is 6.07 Å². The van der Waals surface area contributed by atoms with Crippen LogP contribution in [-0.4, -0.2) is 55.5 Å². The van der Waals surface area contributed by atoms with E-state index in [9.17, 15) is 16.8 Å². The largest absolute Gasteiger partial charge is 1.00 e. The third-order valence-corrected chi connectivity index (χ3v) is 6.66. The predicted octanol–water partition coefficient (Wildman–Crippen LogP) is -4.10. The summed E-state index contributed by atoms with van der Waals surface area (Å²) >= 11 is 0. The minimum Gasteiger partial charge on any atom is -1.00 e. The maximum atomic E-state index is 12.8. The predicted molar refractivity (Wildman–Crippen MR) is 109 cm³/mol. The van der Waals surface area contributed by atoms with Crippen molar-refractivity contribution in [3.8, 4) is 22.5 Å². The van der Waals surface area contributed by atoms with E-state index >= 15 is 0 Å². The van der Waals surface area contributed by atoms with Crippen molar-refractivity contribution >= 4 is 25.9 Å². The highest BCUT2D eigenvalue weighted by Crippen LogP contribution is 2.38. The fourth-order valence-corrected chi connectivity index (χ4v) is 5.41. The fourth-order valence-electron chi connectivity index (χ4n) is 2.74. The number of rotatable bonds is 8. The Bertz CT molecular complexity index is 1250. The molecule has 1 aromatic carbocycles. The number of benzene rings is 1. The molecule has 3 rings (SSSR count). The van der Waals surface area contributed by atoms with Crippen LogP contribution in [0.25, 0.3) is 22.5 Å². The Morgan fingerprint density at radius 3 is 2.42 bits per heavy atom. The Kier molecular flexibility index (Phi) is 7.63. The number of hydrogen-bond donors (Lipinski definition) is 5. The molecule has 0 radical (unpaired) electrons. The van der Waals surface area contributed by atoms with Gasteiger partial charge in [0.25, 0.3) is 0 Å². The zero-order chi connectivity index (χ0) is 21.9. The van der Waals surface area contributed by atoms with Crippen LogP contribution in [0.15, 0.2) is 40.3 Å². The van der Waals surface area contributed by atoms with Crippen LogP contribution in [-0.2, 0) is 20.0 Å². The Hall–Kier alpha value is -2.69. The molecule has 0 aliphatic heterocycles. The van der Waals surface area contributed by atoms with Gasteiger partial charge < -0.3 is 23.9 Å². The van der Waals surface area contributed by atoms with Crippen molar-refractivity contribution in [2.45, 2.75) is 16.2 Å². The number of anilines is 1. The summed E-state index contributed by atoms with van der Waals surface area (Å²) in [5.41, 5.74) is 11.6. The quantitative estimate of drug-likeness (QED) is 0.192. The number of aromatic amines is 1. The van der Waals surface area contributed by atoms with Crippen molar-refractivity contribution in [2.24, 2.45) is 10.9 Å². The van der Waals surface area contributed by atoms with Crippen molar-refractivity contribution in [2.75, 3.05) is 18.8 Å². The van der Waals surface area contributed by atoms with Gasteiger partial charge in [-0.05, 0) is 41.9 Å². The van der Waals surface area contributed by atoms with Gasteiger partial charge in [-0.15, -0.1) is 10.2 Å². The average molecular weight is 490 g/mol. The van der Waals surface area contributed by atoms with Crippen LogP contribution in [0.1, 0.15) is 7.85 Å². The first-order valence-corrected chi connectivity index (χ1v) is 11.5. The third kappa shape index (κ3) is 5.33. The molecule has 168 valence electrons. The number of H-pyrrole nitrogens is 1. The topological polar surface area (TPSA) is 226 Å². The van der Waals surface area contributed by atoms with Crippen LogP contribution in [0.2, 0.25) is 0 Å². The molecule has 8 N–H and O–H groups in total. The molecule has 2 heterocycles. The van der Waals surface area contributed by atoms with Gasteiger partial charge in [0.05, 0.1) is 5.56 Å². The maximum Gasteiger partial charge on any atom is 1.00 e. The Balaban J connectivity index is 0.00000256. The Morgan fingerprint density at radius 1 is 1.13 bits per heavy atom. The second-order valence-corrected chi connectivity index (χ2v) is 9.34. The van der Waals surface area contributed by atoms with Crippen LogP contribution >= 0.6 is 0 Å². The van der Waals surface area contributed by atoms with Gasteiger partial charge in [0, 0.05) is 18.3 Å². The molecule has 13 nitrogen and oxygen atoms in total. The van der Waals surface area contributed by atoms with Gasteiger partial charge in [0.15, 0.2) is 0 Å². The molecular weight excluding hydrogens is 470 g/mol. The summed E-state index contributed by atoms with van der Waals surface area (Å²) in [7, 11) is -8.81. The second-order valence-electron chi connectivity index (χ2n) is 6.11. The zero-order valence-corrected chi connectivity index (χ0v) is 18.2. The molecule has 0 aliphatic carbocycles. The molecule has 0 unspecified atom stereocenters. The number of nitrogens with one attached hydrogen (secondary N) is 2. The number of pyridine rings is 1. The lowest BCUT2D eigenvalue weighted by atomic mass is 10.0. The molecule has 0 spiro atoms. The van der Waals surface area contributed by atoms with Gasteiger partial charge in [-0.25, -0.2) is 31.7 Å². The highest BCUT2D eigenvalue weighted by molar-refractivity contribution is 7.92. The van der Waals surface area contributed by atoms with E-state index < -0.39 is 29.8 Å². The molecular formula is C15H20ClN9O4S2. The number of nitrogens with zero attached hydrogens (tertiary/aromatic N) is 4. The first-order chi connectivity index (χ1) is 14.1. The average Bonchev–Trinajstić information content (AvgIpc) is 3.21. The van der Waals surface area contributed by atoms with E-state index in [1.807, 2.05) is 0 Å². The number of aromatic nitrogens is 5. The van der Waals surface area contributed by atoms with Gasteiger partial charge in [-0.2, -0.15) is 5.21 Å². The van der Waals surface area contributed by atoms with Crippen molar-refractivity contribution in [1.82, 2.24) is 30.3 Å². The van der Waals surface area contributed by atoms with E-state index in [1.54, 1.807) is 6.07 Å². The number of hydrogen-bond acceptors (Lipinski definition) is 10. The molecule has 0 saturated carbocycles. The minimum absolute atomic E-state index is 0. The van der Waals surface area contributed by atoms with Crippen molar-refractivity contribution < 1.29 is 30.7 Å². The number of primary sulfonamides is 1. The SMILES string of the molecule is NCCCNS(=O)(=O)c1ccc(-c2ccc(N)nc2)c(-c2nn[nH]n2)c1S(N)(=O)=O.[Cl-].[H+]. The van der Waals surface area contributed by atoms with Crippen molar-refractivity contribution in [3.05, 3.63) is 30.5 Å². The third-order valence-electron chi connectivity index (χ3n) is 4.03. The summed E-state index contributed by atoms with van der Waals surface area (Å²) in [5.74, 6) is 0.0830. The van der Waals surface area contributed by atoms with Crippen LogP contribution in [0.3, 0.4) is 0 Å². The van der Waals surface area contributed by atoms with E-state index in [0.29, 0.717) is 12.0 Å². The van der Waals surface area contributed by atoms with Crippen LogP contribution in [0.5, 0.6) is 0 Å². The number of halogens is 1. The second kappa shape index (κ2) is 9.63. The molecule has 0 fully saturated rings. The van der Waals surface area contributed by atoms with E-state index in [-0.39, 0.29) is 49.7 Å². The first-order valence-electron chi connectivity index (χ1n) is 8.50. The fraction of sp³-hybridized carbons (Fsp3) is 0.200. The smallest absolute Gasteiger partial charge is 1.00 e. The van der Waals surface area contributed by atoms with Gasteiger partial charge in [-0.1, -0.05) is 6.07 Å². The highest BCUT2D eigenvalue weighted by Gasteiger charge is 2.31. The van der Waals surface area contributed by atoms with E-state index in [4.69, 9.17) is 16.6 Å². The lowest BCUT2D eigenvalue weighted by Crippen LogP contribution is -3.00. The molecule has 0 aliphatic rings. The molecule has 16 heteroatoms. The van der Waals surface area contributed by atoms with Gasteiger partial charge in [-0.3, -0.25) is 0 Å². The van der Waals surface area contributed by atoms with Crippen LogP contribution in [0, 0.1) is 0 Å². The summed E-state index contributed by atoms with van der Waals surface area (Å²) in [4.78, 5) is 2.77. The molecule has 2 aromatic heterocycles. The maximum absolute atomic E-state index is 12.8. The summed E-state index contributed by atoms with van der Waals surface area (Å²) < 4.78 is 53.0. The van der Waals surface area contributed by atoms with E-state index in [2.05, 4.69) is 30.3 Å². The van der Waals surface area contributed by atoms with Crippen LogP contribution < -0.4 is 33.7 Å². The molecule has 0 saturated heterocycles. The van der Waals surface area contributed by atoms with Gasteiger partial charge in [0.1, 0.15) is 15.6 Å². The summed E-state index contributed by atoms with van der Waals surface area (Å²) in [6, 6.07) is 5.64. The van der Waals surface area contributed by atoms with Gasteiger partial charge >= 0.3 is 1.43 Å². The number of nitrogens with two attached hydrogens (primary N) is 3. The molecule has 3 aromatic rings. The zero-order valence-electron chi connectivity index (χ0n) is 16.9. The highest BCUT2D eigenvalue weighted by atomic mass is 35.5. The number of nitrogen functional groups attached to an aromatic ring is 1. The molecule has 0 atom stereocenters. The van der Waals surface area contributed by atoms with Gasteiger partial charge in [0.2, 0.25) is 25.9 Å². The Labute approximate surface area is 185 Å². The standard InChI is InChI=1S/C15H19N9O4S2.ClH/c16-6-1-7-20-30(27,28)11-4-3-10(9-2-5-12(17)19-8-9)13(14(11)29(18,25)26)15-21-23-24-22-15;/h2-5,8,20H,1,6-7,16H2,(H2,17,19)(H2,18,25,26)(H,21,22,23,24);1H. The van der Waals surface area contributed by atoms with E-state index in [1.165, 1.54) is 18.3 Å². The lowest BCUT2D eigenvalue weighted by Gasteiger charge is -2.16. The number of sulfonamides is 2. The lowest BCUT2D eigenvalue weighted by molar-refractivity contribution is -0.0000116. The normalized spacial score (nSPS) is 11.8. The van der Waals surface area contributed by atoms with Crippen molar-refractivity contribution in [3.63, 3.8) is 0 Å². The van der Waals surface area contributed by atoms with Crippen molar-refractivity contribution in [1.29, 1.82) is 0 Å². The summed E-state index contributed by atoms with van der Waals surface area (Å²) in [6.45, 7) is 0.270. The Morgan fingerprint density at radius 2 is 1.87 bits per heavy atom. The molecule has 31 heavy (non-hydrogen) atoms. The first kappa shape index (κ1) is 24.6. The molecule has 0 bridgehead atoms. The summed E-state index contributed by atoms with van der Waals surface area (Å²) in [5, 5.41) is 18.7. The number of tetrazole rings is 1. The minimum atomic E-state index is -4.55. The molecule has 0 amide bonds. The van der Waals surface area contributed by atoms with Crippen LogP contribution in [0.4, 0.5) is 5.82 Å². The monoisotopic (exact) mass is 489 g/mol. The summed E-state index contributed by atoms with van der Waals surface area (Å²) in [6.07, 6.45) is 1.76.